The van der Waals surface area contributed by atoms with Crippen LogP contribution in [0.15, 0.2) is 41.9 Å². The van der Waals surface area contributed by atoms with Crippen molar-refractivity contribution in [2.75, 3.05) is 6.54 Å². The fourth-order valence-corrected chi connectivity index (χ4v) is 2.78. The molecule has 3 rings (SSSR count). The molecule has 3 nitrogen and oxygen atoms in total. The zero-order valence-corrected chi connectivity index (χ0v) is 11.2. The maximum atomic E-state index is 5.37. The molecule has 0 aliphatic rings. The monoisotopic (exact) mass is 267 g/mol. The van der Waals surface area contributed by atoms with Crippen LogP contribution in [0, 0.1) is 11.8 Å². The minimum Gasteiger partial charge on any atom is -0.320 e. The molecule has 0 spiro atoms. The lowest BCUT2D eigenvalue weighted by Gasteiger charge is -2.00. The van der Waals surface area contributed by atoms with Crippen LogP contribution in [0.5, 0.6) is 0 Å². The number of nitrogens with zero attached hydrogens (tertiary/aromatic N) is 2. The van der Waals surface area contributed by atoms with E-state index >= 15 is 0 Å². The fraction of sp³-hybridized carbons (Fsp3) is 0.133. The number of rotatable bonds is 2. The highest BCUT2D eigenvalue weighted by Gasteiger charge is 2.04. The average molecular weight is 267 g/mol. The molecule has 0 atom stereocenters. The summed E-state index contributed by atoms with van der Waals surface area (Å²) in [6, 6.07) is 10.3. The van der Waals surface area contributed by atoms with Gasteiger partial charge in [-0.05, 0) is 12.1 Å². The Kier molecular flexibility index (Phi) is 3.32. The Bertz CT molecular complexity index is 758. The van der Waals surface area contributed by atoms with Crippen LogP contribution in [-0.4, -0.2) is 16.3 Å². The molecule has 0 fully saturated rings. The van der Waals surface area contributed by atoms with Gasteiger partial charge in [-0.1, -0.05) is 30.0 Å². The molecule has 0 saturated heterocycles. The van der Waals surface area contributed by atoms with Crippen molar-refractivity contribution in [2.45, 2.75) is 6.54 Å². The van der Waals surface area contributed by atoms with Crippen molar-refractivity contribution >= 4 is 22.2 Å². The van der Waals surface area contributed by atoms with Crippen LogP contribution in [0.25, 0.3) is 10.9 Å². The van der Waals surface area contributed by atoms with E-state index in [1.165, 1.54) is 10.3 Å². The van der Waals surface area contributed by atoms with Crippen LogP contribution in [0.3, 0.4) is 0 Å². The maximum absolute atomic E-state index is 5.37. The van der Waals surface area contributed by atoms with Gasteiger partial charge in [0.1, 0.15) is 0 Å². The van der Waals surface area contributed by atoms with E-state index < -0.39 is 0 Å². The van der Waals surface area contributed by atoms with Crippen molar-refractivity contribution in [3.8, 4) is 11.8 Å². The maximum Gasteiger partial charge on any atom is 0.0759 e. The second-order valence-corrected chi connectivity index (χ2v) is 5.16. The zero-order chi connectivity index (χ0) is 13.1. The van der Waals surface area contributed by atoms with E-state index in [2.05, 4.69) is 40.5 Å². The molecule has 94 valence electrons. The topological polar surface area (TPSA) is 43.8 Å². The normalized spacial score (nSPS) is 10.4. The first kappa shape index (κ1) is 12.0. The Balaban J connectivity index is 1.87. The summed E-state index contributed by atoms with van der Waals surface area (Å²) in [5.74, 6) is 5.92. The smallest absolute Gasteiger partial charge is 0.0759 e. The second kappa shape index (κ2) is 5.27. The van der Waals surface area contributed by atoms with Crippen molar-refractivity contribution < 1.29 is 0 Å². The van der Waals surface area contributed by atoms with Crippen molar-refractivity contribution in [2.24, 2.45) is 5.73 Å². The predicted octanol–water partition coefficient (Wildman–Crippen LogP) is 2.46. The van der Waals surface area contributed by atoms with Crippen molar-refractivity contribution in [1.29, 1.82) is 0 Å². The van der Waals surface area contributed by atoms with Gasteiger partial charge in [0, 0.05) is 21.2 Å². The number of hydrogen-bond donors (Lipinski definition) is 1. The first-order valence-corrected chi connectivity index (χ1v) is 6.91. The summed E-state index contributed by atoms with van der Waals surface area (Å²) >= 11 is 1.70. The number of fused-ring (bicyclic) bond motifs is 1. The zero-order valence-electron chi connectivity index (χ0n) is 10.3. The molecule has 0 radical (unpaired) electrons. The van der Waals surface area contributed by atoms with Gasteiger partial charge in [-0.2, -0.15) is 5.10 Å². The molecule has 0 unspecified atom stereocenters. The van der Waals surface area contributed by atoms with Crippen LogP contribution < -0.4 is 5.73 Å². The number of hydrogen-bond acceptors (Lipinski definition) is 3. The Hall–Kier alpha value is -2.09. The Morgan fingerprint density at radius 3 is 3.11 bits per heavy atom. The van der Waals surface area contributed by atoms with Gasteiger partial charge in [-0.3, -0.25) is 4.68 Å². The van der Waals surface area contributed by atoms with Gasteiger partial charge in [0.05, 0.1) is 24.8 Å². The quantitative estimate of drug-likeness (QED) is 0.725. The molecule has 4 heteroatoms. The third kappa shape index (κ3) is 2.53. The molecule has 1 aromatic carbocycles. The van der Waals surface area contributed by atoms with E-state index in [1.807, 2.05) is 23.0 Å². The van der Waals surface area contributed by atoms with Crippen LogP contribution >= 0.6 is 11.3 Å². The van der Waals surface area contributed by atoms with E-state index in [0.717, 1.165) is 17.6 Å². The number of nitrogens with two attached hydrogens (primary N) is 1. The van der Waals surface area contributed by atoms with Crippen molar-refractivity contribution in [3.63, 3.8) is 0 Å². The summed E-state index contributed by atoms with van der Waals surface area (Å²) in [5.41, 5.74) is 7.56. The molecule has 19 heavy (non-hydrogen) atoms. The lowest BCUT2D eigenvalue weighted by molar-refractivity contribution is 0.720. The van der Waals surface area contributed by atoms with Crippen LogP contribution in [0.1, 0.15) is 10.4 Å². The van der Waals surface area contributed by atoms with Gasteiger partial charge in [0.25, 0.3) is 0 Å². The molecule has 3 aromatic rings. The third-order valence-corrected chi connectivity index (χ3v) is 3.77. The summed E-state index contributed by atoms with van der Waals surface area (Å²) in [6.45, 7) is 1.18. The lowest BCUT2D eigenvalue weighted by atomic mass is 10.2. The van der Waals surface area contributed by atoms with E-state index in [4.69, 9.17) is 5.73 Å². The van der Waals surface area contributed by atoms with E-state index in [9.17, 15) is 0 Å². The average Bonchev–Trinajstić information content (AvgIpc) is 3.05. The highest BCUT2D eigenvalue weighted by atomic mass is 32.1. The molecule has 0 saturated carbocycles. The summed E-state index contributed by atoms with van der Waals surface area (Å²) in [4.78, 5) is 1.25. The van der Waals surface area contributed by atoms with E-state index in [0.29, 0.717) is 6.54 Å². The predicted molar refractivity (Wildman–Crippen MR) is 79.1 cm³/mol. The molecule has 0 amide bonds. The molecular formula is C15H13N3S. The first-order valence-electron chi connectivity index (χ1n) is 6.04. The number of benzene rings is 1. The van der Waals surface area contributed by atoms with Crippen LogP contribution in [0.4, 0.5) is 0 Å². The van der Waals surface area contributed by atoms with Gasteiger partial charge in [0.15, 0.2) is 0 Å². The number of thiophene rings is 1. The minimum absolute atomic E-state index is 0.398. The minimum atomic E-state index is 0.398. The summed E-state index contributed by atoms with van der Waals surface area (Å²) in [7, 11) is 0. The lowest BCUT2D eigenvalue weighted by Crippen LogP contribution is -1.99. The van der Waals surface area contributed by atoms with Crippen molar-refractivity contribution in [3.05, 3.63) is 52.3 Å². The Morgan fingerprint density at radius 1 is 1.32 bits per heavy atom. The SMILES string of the molecule is NCC#Cc1csc(Cn2ncc3ccccc32)c1. The van der Waals surface area contributed by atoms with Crippen molar-refractivity contribution in [1.82, 2.24) is 9.78 Å². The molecule has 2 aromatic heterocycles. The van der Waals surface area contributed by atoms with E-state index in [1.54, 1.807) is 11.3 Å². The van der Waals surface area contributed by atoms with Crippen LogP contribution in [0.2, 0.25) is 0 Å². The van der Waals surface area contributed by atoms with Gasteiger partial charge in [-0.25, -0.2) is 0 Å². The Morgan fingerprint density at radius 2 is 2.21 bits per heavy atom. The molecule has 0 bridgehead atoms. The second-order valence-electron chi connectivity index (χ2n) is 4.17. The highest BCUT2D eigenvalue weighted by Crippen LogP contribution is 2.18. The number of para-hydroxylation sites is 1. The highest BCUT2D eigenvalue weighted by molar-refractivity contribution is 7.10. The van der Waals surface area contributed by atoms with Crippen LogP contribution in [-0.2, 0) is 6.54 Å². The molecule has 2 N–H and O–H groups in total. The Labute approximate surface area is 115 Å². The van der Waals surface area contributed by atoms with E-state index in [-0.39, 0.29) is 0 Å². The van der Waals surface area contributed by atoms with Gasteiger partial charge in [-0.15, -0.1) is 11.3 Å². The fourth-order valence-electron chi connectivity index (χ4n) is 1.98. The van der Waals surface area contributed by atoms with Gasteiger partial charge < -0.3 is 5.73 Å². The van der Waals surface area contributed by atoms with Gasteiger partial charge >= 0.3 is 0 Å². The van der Waals surface area contributed by atoms with Gasteiger partial charge in [0.2, 0.25) is 0 Å². The standard InChI is InChI=1S/C15H13N3S/c16-7-3-4-12-8-14(19-11-12)10-18-15-6-2-1-5-13(15)9-17-18/h1-2,5-6,8-9,11H,7,10,16H2. The first-order chi connectivity index (χ1) is 9.36. The molecular weight excluding hydrogens is 254 g/mol. The number of aromatic nitrogens is 2. The summed E-state index contributed by atoms with van der Waals surface area (Å²) in [5, 5.41) is 7.66. The molecule has 0 aliphatic heterocycles. The molecule has 0 aliphatic carbocycles. The third-order valence-electron chi connectivity index (χ3n) is 2.85. The molecule has 2 heterocycles. The summed E-state index contributed by atoms with van der Waals surface area (Å²) < 4.78 is 2.02. The summed E-state index contributed by atoms with van der Waals surface area (Å²) in [6.07, 6.45) is 1.90. The largest absolute Gasteiger partial charge is 0.320 e.